The van der Waals surface area contributed by atoms with E-state index in [2.05, 4.69) is 10.3 Å². The monoisotopic (exact) mass is 320 g/mol. The number of methoxy groups -OCH3 is 1. The summed E-state index contributed by atoms with van der Waals surface area (Å²) in [4.78, 5) is 16.0. The molecule has 2 aliphatic heterocycles. The number of hydrogen-bond acceptors (Lipinski definition) is 6. The molecule has 6 nitrogen and oxygen atoms in total. The van der Waals surface area contributed by atoms with Gasteiger partial charge in [0.1, 0.15) is 13.2 Å². The number of amidine groups is 1. The van der Waals surface area contributed by atoms with Crippen molar-refractivity contribution >= 4 is 28.9 Å². The number of carbonyl (C=O) groups is 1. The third-order valence-corrected chi connectivity index (χ3v) is 3.98. The lowest BCUT2D eigenvalue weighted by molar-refractivity contribution is -0.115. The molecule has 0 unspecified atom stereocenters. The Bertz CT molecular complexity index is 625. The van der Waals surface area contributed by atoms with Crippen molar-refractivity contribution in [2.24, 2.45) is 4.99 Å². The summed E-state index contributed by atoms with van der Waals surface area (Å²) in [5.41, 5.74) is 0.803. The summed E-state index contributed by atoms with van der Waals surface area (Å²) in [6.07, 6.45) is 3.17. The second-order valence-electron chi connectivity index (χ2n) is 4.61. The van der Waals surface area contributed by atoms with Crippen LogP contribution in [0.5, 0.6) is 17.2 Å². The molecule has 3 rings (SSSR count). The van der Waals surface area contributed by atoms with Crippen molar-refractivity contribution in [2.75, 3.05) is 32.6 Å². The highest BCUT2D eigenvalue weighted by Gasteiger charge is 2.17. The normalized spacial score (nSPS) is 16.5. The predicted molar refractivity (Wildman–Crippen MR) is 85.9 cm³/mol. The van der Waals surface area contributed by atoms with Crippen LogP contribution < -0.4 is 19.5 Å². The number of nitrogens with zero attached hydrogens (tertiary/aromatic N) is 1. The van der Waals surface area contributed by atoms with Gasteiger partial charge in [0.05, 0.1) is 13.7 Å². The van der Waals surface area contributed by atoms with Gasteiger partial charge in [0.15, 0.2) is 16.7 Å². The standard InChI is InChI=1S/C15H16N2O4S/c1-19-11-8-10(9-12-14(11)21-6-5-20-12)2-3-13(18)17-15-16-4-7-22-15/h2-3,8-9H,4-7H2,1H3,(H,16,17,18)/b3-2+. The summed E-state index contributed by atoms with van der Waals surface area (Å²) in [5, 5.41) is 3.42. The van der Waals surface area contributed by atoms with E-state index in [-0.39, 0.29) is 5.91 Å². The first kappa shape index (κ1) is 14.8. The molecule has 1 aromatic rings. The van der Waals surface area contributed by atoms with Crippen LogP contribution in [0.3, 0.4) is 0 Å². The van der Waals surface area contributed by atoms with E-state index in [0.29, 0.717) is 35.6 Å². The Kier molecular flexibility index (Phi) is 4.53. The van der Waals surface area contributed by atoms with Crippen LogP contribution in [-0.2, 0) is 4.79 Å². The molecular formula is C15H16N2O4S. The lowest BCUT2D eigenvalue weighted by Gasteiger charge is -2.20. The molecule has 0 radical (unpaired) electrons. The number of fused-ring (bicyclic) bond motifs is 1. The molecule has 0 fully saturated rings. The quantitative estimate of drug-likeness (QED) is 0.859. The molecule has 0 saturated carbocycles. The van der Waals surface area contributed by atoms with E-state index in [9.17, 15) is 4.79 Å². The SMILES string of the molecule is COc1cc(/C=C/C(=O)NC2=NCCS2)cc2c1OCCO2. The number of rotatable bonds is 3. The first-order chi connectivity index (χ1) is 10.8. The van der Waals surface area contributed by atoms with Crippen molar-refractivity contribution in [2.45, 2.75) is 0 Å². The van der Waals surface area contributed by atoms with Gasteiger partial charge in [-0.3, -0.25) is 9.79 Å². The number of carbonyl (C=O) groups excluding carboxylic acids is 1. The molecule has 0 bridgehead atoms. The zero-order valence-corrected chi connectivity index (χ0v) is 12.9. The largest absolute Gasteiger partial charge is 0.493 e. The molecule has 2 heterocycles. The van der Waals surface area contributed by atoms with Crippen LogP contribution in [0.15, 0.2) is 23.2 Å². The maximum absolute atomic E-state index is 11.8. The predicted octanol–water partition coefficient (Wildman–Crippen LogP) is 1.70. The molecule has 0 atom stereocenters. The van der Waals surface area contributed by atoms with E-state index in [1.165, 1.54) is 6.08 Å². The van der Waals surface area contributed by atoms with Crippen molar-refractivity contribution < 1.29 is 19.0 Å². The Morgan fingerprint density at radius 1 is 1.41 bits per heavy atom. The molecule has 2 aliphatic rings. The van der Waals surface area contributed by atoms with Crippen LogP contribution in [0.1, 0.15) is 5.56 Å². The van der Waals surface area contributed by atoms with Gasteiger partial charge in [0.2, 0.25) is 11.7 Å². The molecule has 1 amide bonds. The van der Waals surface area contributed by atoms with E-state index in [0.717, 1.165) is 17.9 Å². The fourth-order valence-electron chi connectivity index (χ4n) is 2.12. The fraction of sp³-hybridized carbons (Fsp3) is 0.333. The Morgan fingerprint density at radius 2 is 2.27 bits per heavy atom. The number of benzene rings is 1. The highest BCUT2D eigenvalue weighted by atomic mass is 32.2. The van der Waals surface area contributed by atoms with Crippen molar-refractivity contribution in [1.29, 1.82) is 0 Å². The zero-order valence-electron chi connectivity index (χ0n) is 12.1. The van der Waals surface area contributed by atoms with Gasteiger partial charge in [-0.1, -0.05) is 11.8 Å². The Morgan fingerprint density at radius 3 is 3.05 bits per heavy atom. The number of thioether (sulfide) groups is 1. The highest BCUT2D eigenvalue weighted by molar-refractivity contribution is 8.14. The molecule has 0 spiro atoms. The minimum absolute atomic E-state index is 0.206. The second-order valence-corrected chi connectivity index (χ2v) is 5.69. The number of hydrogen-bond donors (Lipinski definition) is 1. The smallest absolute Gasteiger partial charge is 0.249 e. The van der Waals surface area contributed by atoms with Gasteiger partial charge in [-0.15, -0.1) is 0 Å². The Hall–Kier alpha value is -2.15. The highest BCUT2D eigenvalue weighted by Crippen LogP contribution is 2.40. The third kappa shape index (κ3) is 3.36. The topological polar surface area (TPSA) is 69.2 Å². The van der Waals surface area contributed by atoms with Gasteiger partial charge in [0.25, 0.3) is 0 Å². The summed E-state index contributed by atoms with van der Waals surface area (Å²) in [6.45, 7) is 1.75. The van der Waals surface area contributed by atoms with Crippen molar-refractivity contribution in [3.63, 3.8) is 0 Å². The molecule has 0 aliphatic carbocycles. The first-order valence-electron chi connectivity index (χ1n) is 6.90. The van der Waals surface area contributed by atoms with Gasteiger partial charge >= 0.3 is 0 Å². The van der Waals surface area contributed by atoms with Crippen molar-refractivity contribution in [3.05, 3.63) is 23.8 Å². The molecule has 0 aromatic heterocycles. The maximum atomic E-state index is 11.8. The minimum atomic E-state index is -0.206. The van der Waals surface area contributed by atoms with Gasteiger partial charge in [-0.25, -0.2) is 0 Å². The van der Waals surface area contributed by atoms with E-state index in [1.54, 1.807) is 31.0 Å². The van der Waals surface area contributed by atoms with Crippen molar-refractivity contribution in [1.82, 2.24) is 5.32 Å². The molecule has 1 N–H and O–H groups in total. The number of ether oxygens (including phenoxy) is 3. The number of nitrogens with one attached hydrogen (secondary N) is 1. The number of amides is 1. The van der Waals surface area contributed by atoms with Crippen LogP contribution in [-0.4, -0.2) is 43.7 Å². The average Bonchev–Trinajstić information content (AvgIpc) is 3.05. The summed E-state index contributed by atoms with van der Waals surface area (Å²) in [5.74, 6) is 2.53. The van der Waals surface area contributed by atoms with Gasteiger partial charge in [-0.05, 0) is 23.8 Å². The van der Waals surface area contributed by atoms with Crippen molar-refractivity contribution in [3.8, 4) is 17.2 Å². The third-order valence-electron chi connectivity index (χ3n) is 3.09. The van der Waals surface area contributed by atoms with Gasteiger partial charge < -0.3 is 19.5 Å². The van der Waals surface area contributed by atoms with Gasteiger partial charge in [-0.2, -0.15) is 0 Å². The Balaban J connectivity index is 1.74. The summed E-state index contributed by atoms with van der Waals surface area (Å²) in [6, 6.07) is 3.63. The Labute approximate surface area is 132 Å². The van der Waals surface area contributed by atoms with E-state index < -0.39 is 0 Å². The first-order valence-corrected chi connectivity index (χ1v) is 7.89. The molecule has 0 saturated heterocycles. The van der Waals surface area contributed by atoms with E-state index in [4.69, 9.17) is 14.2 Å². The summed E-state index contributed by atoms with van der Waals surface area (Å²) < 4.78 is 16.4. The zero-order chi connectivity index (χ0) is 15.4. The van der Waals surface area contributed by atoms with Crippen LogP contribution in [0.25, 0.3) is 6.08 Å². The van der Waals surface area contributed by atoms with E-state index >= 15 is 0 Å². The minimum Gasteiger partial charge on any atom is -0.493 e. The lowest BCUT2D eigenvalue weighted by Crippen LogP contribution is -2.25. The lowest BCUT2D eigenvalue weighted by atomic mass is 10.1. The molecule has 22 heavy (non-hydrogen) atoms. The van der Waals surface area contributed by atoms with Crippen LogP contribution >= 0.6 is 11.8 Å². The number of aliphatic imine (C=N–C) groups is 1. The van der Waals surface area contributed by atoms with Crippen LogP contribution in [0, 0.1) is 0 Å². The maximum Gasteiger partial charge on any atom is 0.249 e. The molecule has 116 valence electrons. The molecule has 1 aromatic carbocycles. The summed E-state index contributed by atoms with van der Waals surface area (Å²) >= 11 is 1.54. The second kappa shape index (κ2) is 6.74. The average molecular weight is 320 g/mol. The molecular weight excluding hydrogens is 304 g/mol. The summed E-state index contributed by atoms with van der Waals surface area (Å²) in [7, 11) is 1.57. The van der Waals surface area contributed by atoms with E-state index in [1.807, 2.05) is 6.07 Å². The fourth-order valence-corrected chi connectivity index (χ4v) is 2.85. The van der Waals surface area contributed by atoms with Crippen LogP contribution in [0.2, 0.25) is 0 Å². The van der Waals surface area contributed by atoms with Crippen LogP contribution in [0.4, 0.5) is 0 Å². The molecule has 7 heteroatoms. The van der Waals surface area contributed by atoms with Gasteiger partial charge in [0, 0.05) is 11.8 Å².